The molecule has 0 spiro atoms. The summed E-state index contributed by atoms with van der Waals surface area (Å²) >= 11 is 0. The number of rotatable bonds is 0. The lowest BCUT2D eigenvalue weighted by molar-refractivity contribution is 1.09. The molecule has 0 unspecified atom stereocenters. The van der Waals surface area contributed by atoms with E-state index in [-0.39, 0.29) is 0 Å². The lowest BCUT2D eigenvalue weighted by atomic mass is 10.1. The van der Waals surface area contributed by atoms with Gasteiger partial charge in [0.2, 0.25) is 0 Å². The molecule has 0 aromatic carbocycles. The molecule has 0 atom stereocenters. The molecule has 0 saturated carbocycles. The highest BCUT2D eigenvalue weighted by Gasteiger charge is 2.00. The fourth-order valence-corrected chi connectivity index (χ4v) is 2.24. The fourth-order valence-electron chi connectivity index (χ4n) is 2.24. The van der Waals surface area contributed by atoms with Crippen molar-refractivity contribution in [3.63, 3.8) is 0 Å². The minimum atomic E-state index is 1.19. The molecule has 66 valence electrons. The molecule has 3 rings (SSSR count). The number of hydrogen-bond acceptors (Lipinski definition) is 0. The van der Waals surface area contributed by atoms with Gasteiger partial charge in [0.15, 0.2) is 0 Å². The van der Waals surface area contributed by atoms with Crippen LogP contribution >= 0.6 is 0 Å². The van der Waals surface area contributed by atoms with Crippen LogP contribution in [-0.4, -0.2) is 4.98 Å². The van der Waals surface area contributed by atoms with Crippen LogP contribution in [0.15, 0.2) is 0 Å². The van der Waals surface area contributed by atoms with Gasteiger partial charge >= 0.3 is 0 Å². The molecule has 0 radical (unpaired) electrons. The van der Waals surface area contributed by atoms with E-state index < -0.39 is 0 Å². The molecule has 0 bridgehead atoms. The zero-order chi connectivity index (χ0) is 8.67. The SMILES string of the molecule is C1=c2[nH]c3c(c2=CCC1)=CCCC=3. The van der Waals surface area contributed by atoms with Gasteiger partial charge in [0.05, 0.1) is 0 Å². The maximum absolute atomic E-state index is 3.48. The van der Waals surface area contributed by atoms with Crippen LogP contribution in [0, 0.1) is 0 Å². The summed E-state index contributed by atoms with van der Waals surface area (Å²) in [7, 11) is 0. The molecule has 0 saturated heterocycles. The molecule has 1 aromatic heterocycles. The van der Waals surface area contributed by atoms with Gasteiger partial charge < -0.3 is 4.98 Å². The minimum absolute atomic E-state index is 1.19. The Balaban J connectivity index is 2.61. The van der Waals surface area contributed by atoms with Gasteiger partial charge in [0.1, 0.15) is 0 Å². The third kappa shape index (κ3) is 0.998. The summed E-state index contributed by atoms with van der Waals surface area (Å²) in [4.78, 5) is 3.48. The lowest BCUT2D eigenvalue weighted by Crippen LogP contribution is -2.39. The van der Waals surface area contributed by atoms with Gasteiger partial charge in [-0.2, -0.15) is 0 Å². The van der Waals surface area contributed by atoms with Crippen molar-refractivity contribution in [2.45, 2.75) is 25.7 Å². The molecule has 1 N–H and O–H groups in total. The highest BCUT2D eigenvalue weighted by Crippen LogP contribution is 1.94. The van der Waals surface area contributed by atoms with Crippen molar-refractivity contribution in [1.82, 2.24) is 4.98 Å². The fraction of sp³-hybridized carbons (Fsp3) is 0.333. The Morgan fingerprint density at radius 2 is 1.15 bits per heavy atom. The van der Waals surface area contributed by atoms with Crippen molar-refractivity contribution in [1.29, 1.82) is 0 Å². The van der Waals surface area contributed by atoms with E-state index >= 15 is 0 Å². The van der Waals surface area contributed by atoms with Crippen LogP contribution in [0.4, 0.5) is 0 Å². The van der Waals surface area contributed by atoms with Crippen molar-refractivity contribution in [3.8, 4) is 0 Å². The average molecular weight is 171 g/mol. The van der Waals surface area contributed by atoms with E-state index in [9.17, 15) is 0 Å². The number of nitrogens with one attached hydrogen (secondary N) is 1. The first-order valence-electron chi connectivity index (χ1n) is 5.04. The highest BCUT2D eigenvalue weighted by atomic mass is 14.7. The third-order valence-corrected chi connectivity index (χ3v) is 2.87. The van der Waals surface area contributed by atoms with E-state index in [1.54, 1.807) is 0 Å². The van der Waals surface area contributed by atoms with Crippen LogP contribution in [0.2, 0.25) is 0 Å². The Labute approximate surface area is 76.8 Å². The van der Waals surface area contributed by atoms with Crippen LogP contribution in [0.3, 0.4) is 0 Å². The van der Waals surface area contributed by atoms with Crippen molar-refractivity contribution < 1.29 is 0 Å². The summed E-state index contributed by atoms with van der Waals surface area (Å²) in [6.07, 6.45) is 14.1. The van der Waals surface area contributed by atoms with E-state index in [1.165, 1.54) is 46.8 Å². The topological polar surface area (TPSA) is 15.8 Å². The number of H-pyrrole nitrogens is 1. The maximum atomic E-state index is 3.48. The second kappa shape index (κ2) is 2.63. The second-order valence-electron chi connectivity index (χ2n) is 3.75. The van der Waals surface area contributed by atoms with Gasteiger partial charge in [0.25, 0.3) is 0 Å². The average Bonchev–Trinajstić information content (AvgIpc) is 2.56. The summed E-state index contributed by atoms with van der Waals surface area (Å²) < 4.78 is 0. The van der Waals surface area contributed by atoms with Crippen molar-refractivity contribution in [3.05, 3.63) is 21.1 Å². The van der Waals surface area contributed by atoms with E-state index in [2.05, 4.69) is 29.3 Å². The second-order valence-corrected chi connectivity index (χ2v) is 3.75. The monoisotopic (exact) mass is 171 g/mol. The van der Waals surface area contributed by atoms with E-state index in [4.69, 9.17) is 0 Å². The lowest BCUT2D eigenvalue weighted by Gasteiger charge is -1.94. The maximum Gasteiger partial charge on any atom is 0.0421 e. The molecule has 1 nitrogen and oxygen atoms in total. The zero-order valence-corrected chi connectivity index (χ0v) is 7.64. The zero-order valence-electron chi connectivity index (χ0n) is 7.64. The van der Waals surface area contributed by atoms with Gasteiger partial charge in [-0.25, -0.2) is 0 Å². The molecule has 0 amide bonds. The van der Waals surface area contributed by atoms with Crippen molar-refractivity contribution in [2.24, 2.45) is 0 Å². The number of hydrogen-bond donors (Lipinski definition) is 1. The smallest absolute Gasteiger partial charge is 0.0421 e. The summed E-state index contributed by atoms with van der Waals surface area (Å²) in [5.74, 6) is 0. The summed E-state index contributed by atoms with van der Waals surface area (Å²) in [6, 6.07) is 0. The Bertz CT molecular complexity index is 507. The van der Waals surface area contributed by atoms with Crippen molar-refractivity contribution in [2.75, 3.05) is 0 Å². The molecule has 2 aliphatic carbocycles. The van der Waals surface area contributed by atoms with Gasteiger partial charge in [-0.3, -0.25) is 0 Å². The number of aromatic amines is 1. The standard InChI is InChI=1S/C12H13N/c1-3-7-11-9(5-1)10-6-2-4-8-12(10)13-11/h5-8,13H,1-4H2. The van der Waals surface area contributed by atoms with Crippen LogP contribution in [0.5, 0.6) is 0 Å². The molecular formula is C12H13N. The summed E-state index contributed by atoms with van der Waals surface area (Å²) in [6.45, 7) is 0. The third-order valence-electron chi connectivity index (χ3n) is 2.87. The van der Waals surface area contributed by atoms with Crippen molar-refractivity contribution >= 4 is 24.3 Å². The first-order valence-corrected chi connectivity index (χ1v) is 5.04. The quantitative estimate of drug-likeness (QED) is 0.553. The van der Waals surface area contributed by atoms with E-state index in [0.29, 0.717) is 0 Å². The molecule has 1 heteroatoms. The normalized spacial score (nSPS) is 18.5. The minimum Gasteiger partial charge on any atom is -0.355 e. The number of fused-ring (bicyclic) bond motifs is 3. The first kappa shape index (κ1) is 7.19. The molecule has 1 aromatic rings. The van der Waals surface area contributed by atoms with E-state index in [1.807, 2.05) is 0 Å². The Morgan fingerprint density at radius 1 is 0.692 bits per heavy atom. The van der Waals surface area contributed by atoms with Gasteiger partial charge in [-0.05, 0) is 25.7 Å². The summed E-state index contributed by atoms with van der Waals surface area (Å²) in [5.41, 5.74) is 0. The molecule has 13 heavy (non-hydrogen) atoms. The summed E-state index contributed by atoms with van der Waals surface area (Å²) in [5, 5.41) is 5.56. The Kier molecular flexibility index (Phi) is 1.45. The van der Waals surface area contributed by atoms with Gasteiger partial charge in [-0.1, -0.05) is 24.3 Å². The number of aromatic nitrogens is 1. The van der Waals surface area contributed by atoms with E-state index in [0.717, 1.165) is 0 Å². The molecule has 1 heterocycles. The van der Waals surface area contributed by atoms with Crippen LogP contribution < -0.4 is 21.1 Å². The predicted octanol–water partition coefficient (Wildman–Crippen LogP) is -0.276. The highest BCUT2D eigenvalue weighted by molar-refractivity contribution is 5.43. The molecule has 0 aliphatic heterocycles. The van der Waals surface area contributed by atoms with Crippen LogP contribution in [-0.2, 0) is 0 Å². The van der Waals surface area contributed by atoms with Gasteiger partial charge in [0, 0.05) is 21.1 Å². The molecular weight excluding hydrogens is 158 g/mol. The Morgan fingerprint density at radius 3 is 1.69 bits per heavy atom. The predicted molar refractivity (Wildman–Crippen MR) is 55.6 cm³/mol. The largest absolute Gasteiger partial charge is 0.355 e. The first-order chi connectivity index (χ1) is 6.45. The molecule has 0 fully saturated rings. The molecule has 2 aliphatic rings. The van der Waals surface area contributed by atoms with Gasteiger partial charge in [-0.15, -0.1) is 0 Å². The van der Waals surface area contributed by atoms with Crippen LogP contribution in [0.25, 0.3) is 24.3 Å². The Hall–Kier alpha value is -1.24. The van der Waals surface area contributed by atoms with Crippen LogP contribution in [0.1, 0.15) is 25.7 Å².